The van der Waals surface area contributed by atoms with Gasteiger partial charge in [-0.2, -0.15) is 13.2 Å². The van der Waals surface area contributed by atoms with Gasteiger partial charge in [-0.3, -0.25) is 29.4 Å². The number of amides is 4. The highest BCUT2D eigenvalue weighted by Gasteiger charge is 2.39. The molecule has 16 heteroatoms. The number of pyridine rings is 1. The van der Waals surface area contributed by atoms with Gasteiger partial charge in [0.05, 0.1) is 24.0 Å². The van der Waals surface area contributed by atoms with Gasteiger partial charge in [0.2, 0.25) is 17.7 Å². The number of fused-ring (bicyclic) bond motifs is 1. The van der Waals surface area contributed by atoms with Crippen molar-refractivity contribution < 1.29 is 32.3 Å². The molecule has 13 nitrogen and oxygen atoms in total. The van der Waals surface area contributed by atoms with Crippen molar-refractivity contribution in [1.29, 1.82) is 0 Å². The highest BCUT2D eigenvalue weighted by molar-refractivity contribution is 6.05. The normalized spacial score (nSPS) is 21.1. The van der Waals surface area contributed by atoms with Crippen LogP contribution < -0.4 is 25.3 Å². The molecule has 5 aliphatic heterocycles. The second-order valence-corrected chi connectivity index (χ2v) is 16.3. The highest BCUT2D eigenvalue weighted by Crippen LogP contribution is 2.39. The summed E-state index contributed by atoms with van der Waals surface area (Å²) >= 11 is 0. The van der Waals surface area contributed by atoms with Gasteiger partial charge in [0.1, 0.15) is 11.9 Å². The number of carbonyl (C=O) groups is 4. The van der Waals surface area contributed by atoms with Crippen molar-refractivity contribution in [2.45, 2.75) is 63.7 Å². The average Bonchev–Trinajstić information content (AvgIpc) is 3.57. The van der Waals surface area contributed by atoms with Crippen LogP contribution in [0.1, 0.15) is 66.4 Å². The molecule has 0 aliphatic carbocycles. The highest BCUT2D eigenvalue weighted by atomic mass is 19.4. The number of imide groups is 1. The summed E-state index contributed by atoms with van der Waals surface area (Å²) in [7, 11) is 0. The fourth-order valence-electron chi connectivity index (χ4n) is 9.15. The molecule has 4 fully saturated rings. The number of carbonyl (C=O) groups excluding carboxylic acids is 4. The number of aromatic nitrogens is 1. The molecular weight excluding hydrogens is 764 g/mol. The van der Waals surface area contributed by atoms with Crippen LogP contribution in [0.4, 0.5) is 41.7 Å². The van der Waals surface area contributed by atoms with E-state index in [-0.39, 0.29) is 30.1 Å². The van der Waals surface area contributed by atoms with Crippen molar-refractivity contribution in [3.05, 3.63) is 82.8 Å². The SMILES string of the molecule is [C-]#[N+]c1ccc(N2CCC(C(=O)Nc3ccc(N4CCC(CCN5CCN(c6ccc7c(c6)CN(C6CCC(=O)NC6=O)C7=O)CC5)CC4)cn3)CC2)cc1C(F)(F)F. The molecule has 4 amide bonds. The molecule has 0 spiro atoms. The smallest absolute Gasteiger partial charge is 0.372 e. The molecule has 310 valence electrons. The first kappa shape index (κ1) is 40.1. The number of nitrogens with one attached hydrogen (secondary N) is 2. The topological polar surface area (TPSA) is 126 Å². The number of piperazine rings is 1. The van der Waals surface area contributed by atoms with E-state index in [2.05, 4.69) is 41.2 Å². The molecular formula is C43H48F3N9O4. The van der Waals surface area contributed by atoms with Crippen LogP contribution in [-0.2, 0) is 27.1 Å². The molecule has 5 aliphatic rings. The Bertz CT molecular complexity index is 2120. The molecule has 8 rings (SSSR count). The van der Waals surface area contributed by atoms with Gasteiger partial charge < -0.3 is 24.9 Å². The van der Waals surface area contributed by atoms with Crippen LogP contribution in [0.25, 0.3) is 4.85 Å². The van der Waals surface area contributed by atoms with Crippen molar-refractivity contribution in [2.75, 3.05) is 78.9 Å². The third-order valence-electron chi connectivity index (χ3n) is 12.7. The zero-order valence-corrected chi connectivity index (χ0v) is 32.8. The van der Waals surface area contributed by atoms with E-state index >= 15 is 0 Å². The number of rotatable bonds is 9. The van der Waals surface area contributed by atoms with Crippen LogP contribution in [0.2, 0.25) is 0 Å². The first-order valence-electron chi connectivity index (χ1n) is 20.5. The Morgan fingerprint density at radius 1 is 0.831 bits per heavy atom. The predicted octanol–water partition coefficient (Wildman–Crippen LogP) is 5.70. The fraction of sp³-hybridized carbons (Fsp3) is 0.488. The maximum absolute atomic E-state index is 13.5. The van der Waals surface area contributed by atoms with E-state index in [1.807, 2.05) is 29.2 Å². The zero-order valence-electron chi connectivity index (χ0n) is 32.8. The number of hydrogen-bond donors (Lipinski definition) is 2. The summed E-state index contributed by atoms with van der Waals surface area (Å²) in [5.74, 6) is -0.139. The minimum atomic E-state index is -4.61. The van der Waals surface area contributed by atoms with E-state index in [0.717, 1.165) is 88.1 Å². The number of halogens is 3. The van der Waals surface area contributed by atoms with E-state index in [1.165, 1.54) is 12.1 Å². The third-order valence-corrected chi connectivity index (χ3v) is 12.7. The lowest BCUT2D eigenvalue weighted by Crippen LogP contribution is -2.52. The standard InChI is InChI=1S/C43H48F3N9O4/c1-47-36-6-3-32(25-35(36)43(44,45)46)52-18-13-29(14-19-52)40(57)49-38-8-4-33(26-48-38)53-16-11-28(12-17-53)10-15-51-20-22-54(23-21-51)31-2-5-34-30(24-31)27-55(42(34)59)37-7-9-39(56)50-41(37)58/h2-6,8,24-26,28-29,37H,7,9-23,27H2,(H,48,49,57)(H,50,56,58). The molecule has 0 saturated carbocycles. The van der Waals surface area contributed by atoms with Gasteiger partial charge in [-0.15, -0.1) is 0 Å². The number of piperidine rings is 3. The third kappa shape index (κ3) is 8.85. The lowest BCUT2D eigenvalue weighted by molar-refractivity contribution is -0.138. The van der Waals surface area contributed by atoms with Gasteiger partial charge in [-0.1, -0.05) is 6.07 Å². The molecule has 0 bridgehead atoms. The van der Waals surface area contributed by atoms with Gasteiger partial charge in [0, 0.05) is 88.2 Å². The monoisotopic (exact) mass is 811 g/mol. The van der Waals surface area contributed by atoms with E-state index in [4.69, 9.17) is 6.57 Å². The summed E-state index contributed by atoms with van der Waals surface area (Å²) in [6.45, 7) is 15.0. The van der Waals surface area contributed by atoms with Crippen molar-refractivity contribution >= 4 is 52.2 Å². The maximum Gasteiger partial charge on any atom is 0.407 e. The molecule has 0 radical (unpaired) electrons. The number of anilines is 4. The maximum atomic E-state index is 13.5. The van der Waals surface area contributed by atoms with Gasteiger partial charge in [-0.05, 0) is 99.0 Å². The number of nitrogens with zero attached hydrogens (tertiary/aromatic N) is 7. The number of hydrogen-bond acceptors (Lipinski definition) is 9. The summed E-state index contributed by atoms with van der Waals surface area (Å²) in [5.41, 5.74) is 2.71. The summed E-state index contributed by atoms with van der Waals surface area (Å²) in [5, 5.41) is 5.28. The second kappa shape index (κ2) is 16.9. The molecule has 2 N–H and O–H groups in total. The lowest BCUT2D eigenvalue weighted by atomic mass is 9.93. The summed E-state index contributed by atoms with van der Waals surface area (Å²) < 4.78 is 40.4. The molecule has 2 aromatic carbocycles. The Kier molecular flexibility index (Phi) is 11.5. The summed E-state index contributed by atoms with van der Waals surface area (Å²) in [6, 6.07) is 12.9. The summed E-state index contributed by atoms with van der Waals surface area (Å²) in [4.78, 5) is 68.4. The first-order chi connectivity index (χ1) is 28.4. The van der Waals surface area contributed by atoms with E-state index in [0.29, 0.717) is 61.9 Å². The van der Waals surface area contributed by atoms with Crippen LogP contribution >= 0.6 is 0 Å². The Labute approximate surface area is 341 Å². The molecule has 1 unspecified atom stereocenters. The minimum Gasteiger partial charge on any atom is -0.372 e. The first-order valence-corrected chi connectivity index (χ1v) is 20.5. The van der Waals surface area contributed by atoms with Crippen molar-refractivity contribution in [3.63, 3.8) is 0 Å². The van der Waals surface area contributed by atoms with Crippen molar-refractivity contribution in [3.8, 4) is 0 Å². The quantitative estimate of drug-likeness (QED) is 0.207. The van der Waals surface area contributed by atoms with Crippen molar-refractivity contribution in [1.82, 2.24) is 20.1 Å². The van der Waals surface area contributed by atoms with Gasteiger partial charge in [0.25, 0.3) is 5.91 Å². The Morgan fingerprint density at radius 2 is 1.49 bits per heavy atom. The Hall–Kier alpha value is -5.69. The molecule has 3 aromatic rings. The van der Waals surface area contributed by atoms with Gasteiger partial charge in [0.15, 0.2) is 5.69 Å². The molecule has 1 aromatic heterocycles. The van der Waals surface area contributed by atoms with E-state index in [1.54, 1.807) is 11.1 Å². The Morgan fingerprint density at radius 3 is 2.17 bits per heavy atom. The predicted molar refractivity (Wildman–Crippen MR) is 216 cm³/mol. The van der Waals surface area contributed by atoms with Crippen LogP contribution in [-0.4, -0.2) is 103 Å². The molecule has 4 saturated heterocycles. The zero-order chi connectivity index (χ0) is 41.3. The van der Waals surface area contributed by atoms with Gasteiger partial charge >= 0.3 is 6.18 Å². The fourth-order valence-corrected chi connectivity index (χ4v) is 9.15. The summed E-state index contributed by atoms with van der Waals surface area (Å²) in [6.07, 6.45) is 2.13. The minimum absolute atomic E-state index is 0.146. The number of alkyl halides is 3. The number of benzene rings is 2. The average molecular weight is 812 g/mol. The van der Waals surface area contributed by atoms with Crippen LogP contribution in [0, 0.1) is 18.4 Å². The largest absolute Gasteiger partial charge is 0.407 e. The van der Waals surface area contributed by atoms with Gasteiger partial charge in [-0.25, -0.2) is 9.83 Å². The molecule has 6 heterocycles. The van der Waals surface area contributed by atoms with Crippen molar-refractivity contribution in [2.24, 2.45) is 11.8 Å². The van der Waals surface area contributed by atoms with Crippen LogP contribution in [0.3, 0.4) is 0 Å². The van der Waals surface area contributed by atoms with E-state index in [9.17, 15) is 32.3 Å². The lowest BCUT2D eigenvalue weighted by Gasteiger charge is -2.38. The Balaban J connectivity index is 0.737. The van der Waals surface area contributed by atoms with E-state index < -0.39 is 29.4 Å². The van der Waals surface area contributed by atoms with Crippen LogP contribution in [0.15, 0.2) is 54.7 Å². The molecule has 59 heavy (non-hydrogen) atoms. The van der Waals surface area contributed by atoms with Crippen LogP contribution in [0.5, 0.6) is 0 Å². The molecule has 1 atom stereocenters. The second-order valence-electron chi connectivity index (χ2n) is 16.3.